The zero-order valence-electron chi connectivity index (χ0n) is 15.4. The zero-order valence-corrected chi connectivity index (χ0v) is 19.8. The fraction of sp³-hybridized carbons (Fsp3) is 0.263. The fourth-order valence-corrected chi connectivity index (χ4v) is 3.79. The number of amides is 1. The van der Waals surface area contributed by atoms with E-state index in [1.807, 2.05) is 22.6 Å². The van der Waals surface area contributed by atoms with E-state index in [1.54, 1.807) is 26.0 Å². The van der Waals surface area contributed by atoms with Crippen LogP contribution in [-0.4, -0.2) is 35.7 Å². The molecular formula is C19H17Cl3INO5. The van der Waals surface area contributed by atoms with E-state index in [-0.39, 0.29) is 40.6 Å². The van der Waals surface area contributed by atoms with Crippen molar-refractivity contribution in [2.75, 3.05) is 17.3 Å². The van der Waals surface area contributed by atoms with E-state index in [4.69, 9.17) is 44.3 Å². The van der Waals surface area contributed by atoms with Crippen LogP contribution in [0.4, 0.5) is 10.5 Å². The predicted octanol–water partition coefficient (Wildman–Crippen LogP) is 6.68. The van der Waals surface area contributed by atoms with E-state index in [0.717, 1.165) is 0 Å². The molecule has 0 aliphatic heterocycles. The van der Waals surface area contributed by atoms with Crippen LogP contribution in [-0.2, 0) is 4.74 Å². The van der Waals surface area contributed by atoms with Gasteiger partial charge in [0.05, 0.1) is 25.9 Å². The Morgan fingerprint density at radius 3 is 2.45 bits per heavy atom. The number of carboxylic acid groups (broad SMARTS) is 1. The molecule has 0 spiro atoms. The molecule has 2 aromatic carbocycles. The number of nitrogens with zero attached hydrogens (tertiary/aromatic N) is 1. The van der Waals surface area contributed by atoms with E-state index >= 15 is 0 Å². The first-order chi connectivity index (χ1) is 13.6. The van der Waals surface area contributed by atoms with Gasteiger partial charge >= 0.3 is 12.1 Å². The molecular weight excluding hydrogens is 555 g/mol. The van der Waals surface area contributed by atoms with Gasteiger partial charge in [0.2, 0.25) is 0 Å². The molecule has 0 aliphatic rings. The SMILES string of the molecule is CC(C)OC(=O)N(CCCl)c1cc(Oc2ccc(Cl)cc2Cl)cc(C(=O)O)c1I. The summed E-state index contributed by atoms with van der Waals surface area (Å²) >= 11 is 19.8. The molecule has 29 heavy (non-hydrogen) atoms. The molecule has 0 saturated heterocycles. The molecule has 156 valence electrons. The van der Waals surface area contributed by atoms with Gasteiger partial charge in [-0.05, 0) is 60.7 Å². The van der Waals surface area contributed by atoms with Crippen LogP contribution in [0, 0.1) is 3.57 Å². The van der Waals surface area contributed by atoms with Gasteiger partial charge < -0.3 is 14.6 Å². The maximum absolute atomic E-state index is 12.6. The van der Waals surface area contributed by atoms with Gasteiger partial charge in [-0.25, -0.2) is 9.59 Å². The predicted molar refractivity (Wildman–Crippen MR) is 122 cm³/mol. The molecule has 0 heterocycles. The van der Waals surface area contributed by atoms with E-state index in [9.17, 15) is 14.7 Å². The third-order valence-electron chi connectivity index (χ3n) is 3.53. The van der Waals surface area contributed by atoms with Crippen molar-refractivity contribution in [3.05, 3.63) is 49.5 Å². The fourth-order valence-electron chi connectivity index (χ4n) is 2.34. The number of aromatic carboxylic acids is 1. The Labute approximate surface area is 196 Å². The normalized spacial score (nSPS) is 10.7. The molecule has 10 heteroatoms. The number of halogens is 4. The molecule has 1 amide bonds. The van der Waals surface area contributed by atoms with Crippen molar-refractivity contribution in [1.82, 2.24) is 0 Å². The summed E-state index contributed by atoms with van der Waals surface area (Å²) < 4.78 is 11.4. The highest BCUT2D eigenvalue weighted by Crippen LogP contribution is 2.36. The number of anilines is 1. The highest BCUT2D eigenvalue weighted by molar-refractivity contribution is 14.1. The number of ether oxygens (including phenoxy) is 2. The Balaban J connectivity index is 2.55. The van der Waals surface area contributed by atoms with Gasteiger partial charge in [-0.1, -0.05) is 23.2 Å². The molecule has 0 unspecified atom stereocenters. The maximum atomic E-state index is 12.6. The van der Waals surface area contributed by atoms with Crippen LogP contribution < -0.4 is 9.64 Å². The summed E-state index contributed by atoms with van der Waals surface area (Å²) in [5.41, 5.74) is 0.261. The number of carbonyl (C=O) groups excluding carboxylic acids is 1. The number of rotatable bonds is 7. The molecule has 2 rings (SSSR count). The van der Waals surface area contributed by atoms with Gasteiger partial charge in [-0.3, -0.25) is 4.90 Å². The van der Waals surface area contributed by atoms with Crippen molar-refractivity contribution < 1.29 is 24.2 Å². The van der Waals surface area contributed by atoms with Gasteiger partial charge in [0.1, 0.15) is 11.5 Å². The summed E-state index contributed by atoms with van der Waals surface area (Å²) in [7, 11) is 0. The molecule has 0 saturated carbocycles. The number of hydrogen-bond acceptors (Lipinski definition) is 4. The van der Waals surface area contributed by atoms with Crippen molar-refractivity contribution in [2.45, 2.75) is 20.0 Å². The van der Waals surface area contributed by atoms with Crippen molar-refractivity contribution in [1.29, 1.82) is 0 Å². The van der Waals surface area contributed by atoms with Gasteiger partial charge in [0, 0.05) is 23.5 Å². The van der Waals surface area contributed by atoms with Crippen LogP contribution >= 0.6 is 57.4 Å². The average Bonchev–Trinajstić information content (AvgIpc) is 2.62. The number of carbonyl (C=O) groups is 2. The number of alkyl halides is 1. The Morgan fingerprint density at radius 1 is 1.21 bits per heavy atom. The molecule has 6 nitrogen and oxygen atoms in total. The van der Waals surface area contributed by atoms with Crippen molar-refractivity contribution in [3.8, 4) is 11.5 Å². The van der Waals surface area contributed by atoms with Crippen LogP contribution in [0.5, 0.6) is 11.5 Å². The van der Waals surface area contributed by atoms with Crippen LogP contribution in [0.2, 0.25) is 10.0 Å². The summed E-state index contributed by atoms with van der Waals surface area (Å²) in [6, 6.07) is 7.54. The topological polar surface area (TPSA) is 76.1 Å². The van der Waals surface area contributed by atoms with Crippen LogP contribution in [0.3, 0.4) is 0 Å². The summed E-state index contributed by atoms with van der Waals surface area (Å²) in [4.78, 5) is 25.6. The van der Waals surface area contributed by atoms with Crippen LogP contribution in [0.15, 0.2) is 30.3 Å². The largest absolute Gasteiger partial charge is 0.478 e. The van der Waals surface area contributed by atoms with Crippen LogP contribution in [0.25, 0.3) is 0 Å². The molecule has 0 radical (unpaired) electrons. The van der Waals surface area contributed by atoms with Gasteiger partial charge in [-0.2, -0.15) is 0 Å². The standard InChI is InChI=1S/C19H17Cl3INO5/c1-10(2)28-19(27)24(6-5-20)15-9-12(8-13(17(15)23)18(25)26)29-16-4-3-11(21)7-14(16)22/h3-4,7-10H,5-6H2,1-2H3,(H,25,26). The minimum absolute atomic E-state index is 0.0416. The number of carboxylic acids is 1. The Kier molecular flexibility index (Phi) is 8.69. The lowest BCUT2D eigenvalue weighted by molar-refractivity contribution is 0.0695. The smallest absolute Gasteiger partial charge is 0.414 e. The quantitative estimate of drug-likeness (QED) is 0.296. The first-order valence-electron chi connectivity index (χ1n) is 8.38. The van der Waals surface area contributed by atoms with E-state index < -0.39 is 12.1 Å². The molecule has 0 atom stereocenters. The highest BCUT2D eigenvalue weighted by atomic mass is 127. The van der Waals surface area contributed by atoms with Gasteiger partial charge in [0.25, 0.3) is 0 Å². The van der Waals surface area contributed by atoms with Gasteiger partial charge in [-0.15, -0.1) is 11.6 Å². The molecule has 1 N–H and O–H groups in total. The van der Waals surface area contributed by atoms with E-state index in [2.05, 4.69) is 0 Å². The molecule has 0 fully saturated rings. The Morgan fingerprint density at radius 2 is 1.90 bits per heavy atom. The Bertz CT molecular complexity index is 923. The number of hydrogen-bond donors (Lipinski definition) is 1. The molecule has 2 aromatic rings. The Hall–Kier alpha value is -1.42. The summed E-state index contributed by atoms with van der Waals surface area (Å²) in [5.74, 6) is -0.585. The average molecular weight is 573 g/mol. The molecule has 0 aromatic heterocycles. The first kappa shape index (κ1) is 23.9. The van der Waals surface area contributed by atoms with Crippen molar-refractivity contribution >= 4 is 75.1 Å². The summed E-state index contributed by atoms with van der Waals surface area (Å²) in [6.07, 6.45) is -0.999. The second-order valence-corrected chi connectivity index (χ2v) is 8.36. The zero-order chi connectivity index (χ0) is 21.7. The minimum atomic E-state index is -1.17. The third kappa shape index (κ3) is 6.28. The highest BCUT2D eigenvalue weighted by Gasteiger charge is 2.25. The summed E-state index contributed by atoms with van der Waals surface area (Å²) in [5, 5.41) is 10.3. The lowest BCUT2D eigenvalue weighted by atomic mass is 10.1. The first-order valence-corrected chi connectivity index (χ1v) is 10.7. The third-order valence-corrected chi connectivity index (χ3v) is 5.37. The monoisotopic (exact) mass is 571 g/mol. The van der Waals surface area contributed by atoms with Gasteiger partial charge in [0.15, 0.2) is 0 Å². The van der Waals surface area contributed by atoms with Crippen molar-refractivity contribution in [2.24, 2.45) is 0 Å². The molecule has 0 bridgehead atoms. The minimum Gasteiger partial charge on any atom is -0.478 e. The van der Waals surface area contributed by atoms with Crippen molar-refractivity contribution in [3.63, 3.8) is 0 Å². The lowest BCUT2D eigenvalue weighted by Gasteiger charge is -2.25. The molecule has 0 aliphatic carbocycles. The second kappa shape index (κ2) is 10.6. The van der Waals surface area contributed by atoms with E-state index in [1.165, 1.54) is 23.1 Å². The number of benzene rings is 2. The van der Waals surface area contributed by atoms with E-state index in [0.29, 0.717) is 14.3 Å². The second-order valence-electron chi connectivity index (χ2n) is 6.06. The summed E-state index contributed by atoms with van der Waals surface area (Å²) in [6.45, 7) is 3.55. The lowest BCUT2D eigenvalue weighted by Crippen LogP contribution is -2.35. The maximum Gasteiger partial charge on any atom is 0.414 e. The van der Waals surface area contributed by atoms with Crippen LogP contribution in [0.1, 0.15) is 24.2 Å².